The summed E-state index contributed by atoms with van der Waals surface area (Å²) in [5.74, 6) is 0.370. The average molecular weight is 280 g/mol. The van der Waals surface area contributed by atoms with Gasteiger partial charge in [0.25, 0.3) is 11.2 Å². The summed E-state index contributed by atoms with van der Waals surface area (Å²) in [6, 6.07) is 11.3. The molecule has 0 radical (unpaired) electrons. The number of nitro benzene ring substituents is 1. The molecule has 0 aliphatic rings. The van der Waals surface area contributed by atoms with Gasteiger partial charge in [-0.15, -0.1) is 0 Å². The van der Waals surface area contributed by atoms with Gasteiger partial charge in [0, 0.05) is 12.1 Å². The third-order valence-corrected chi connectivity index (χ3v) is 3.46. The van der Waals surface area contributed by atoms with Crippen LogP contribution in [0.25, 0.3) is 27.7 Å². The van der Waals surface area contributed by atoms with Crippen LogP contribution in [0.1, 0.15) is 0 Å². The number of hydrogen-bond donors (Lipinski definition) is 1. The minimum absolute atomic E-state index is 0.0662. The van der Waals surface area contributed by atoms with E-state index in [1.807, 2.05) is 0 Å². The van der Waals surface area contributed by atoms with E-state index in [0.29, 0.717) is 27.7 Å². The summed E-state index contributed by atoms with van der Waals surface area (Å²) >= 11 is 0. The highest BCUT2D eigenvalue weighted by molar-refractivity contribution is 5.86. The van der Waals surface area contributed by atoms with Crippen LogP contribution in [-0.4, -0.2) is 19.3 Å². The number of fused-ring (bicyclic) bond motifs is 4. The van der Waals surface area contributed by atoms with Crippen molar-refractivity contribution in [3.63, 3.8) is 0 Å². The number of nitrogens with zero attached hydrogens (tertiary/aromatic N) is 3. The number of aromatic nitrogens is 3. The normalized spacial score (nSPS) is 11.4. The zero-order valence-electron chi connectivity index (χ0n) is 10.6. The first-order valence-corrected chi connectivity index (χ1v) is 6.23. The van der Waals surface area contributed by atoms with Crippen LogP contribution in [0.4, 0.5) is 5.69 Å². The summed E-state index contributed by atoms with van der Waals surface area (Å²) in [6.07, 6.45) is 0. The minimum atomic E-state index is -0.488. The Bertz CT molecular complexity index is 1090. The highest BCUT2D eigenvalue weighted by Crippen LogP contribution is 2.21. The number of nitrogens with one attached hydrogen (secondary N) is 1. The Hall–Kier alpha value is -3.22. The van der Waals surface area contributed by atoms with Crippen molar-refractivity contribution < 1.29 is 4.92 Å². The van der Waals surface area contributed by atoms with Crippen LogP contribution in [0.3, 0.4) is 0 Å². The molecule has 0 bridgehead atoms. The lowest BCUT2D eigenvalue weighted by Crippen LogP contribution is -2.13. The first-order chi connectivity index (χ1) is 10.1. The molecule has 7 heteroatoms. The highest BCUT2D eigenvalue weighted by atomic mass is 16.6. The molecule has 0 saturated carbocycles. The van der Waals surface area contributed by atoms with E-state index in [4.69, 9.17) is 0 Å². The number of non-ortho nitro benzene ring substituents is 1. The van der Waals surface area contributed by atoms with Gasteiger partial charge in [0.15, 0.2) is 0 Å². The van der Waals surface area contributed by atoms with Crippen LogP contribution < -0.4 is 5.56 Å². The molecule has 4 aromatic rings. The Morgan fingerprint density at radius 2 is 2.00 bits per heavy atom. The molecule has 102 valence electrons. The summed E-state index contributed by atoms with van der Waals surface area (Å²) in [7, 11) is 0. The van der Waals surface area contributed by atoms with E-state index < -0.39 is 4.92 Å². The van der Waals surface area contributed by atoms with Gasteiger partial charge in [-0.1, -0.05) is 12.1 Å². The van der Waals surface area contributed by atoms with Crippen LogP contribution in [0.15, 0.2) is 47.3 Å². The van der Waals surface area contributed by atoms with Gasteiger partial charge in [-0.25, -0.2) is 9.38 Å². The largest absolute Gasteiger partial charge is 0.323 e. The third kappa shape index (κ3) is 1.54. The van der Waals surface area contributed by atoms with Crippen LogP contribution >= 0.6 is 0 Å². The molecule has 0 spiro atoms. The smallest absolute Gasteiger partial charge is 0.271 e. The zero-order chi connectivity index (χ0) is 14.6. The molecule has 2 heterocycles. The van der Waals surface area contributed by atoms with E-state index in [2.05, 4.69) is 9.97 Å². The number of hydrogen-bond acceptors (Lipinski definition) is 4. The molecule has 21 heavy (non-hydrogen) atoms. The van der Waals surface area contributed by atoms with Crippen molar-refractivity contribution in [2.24, 2.45) is 0 Å². The maximum absolute atomic E-state index is 12.6. The van der Waals surface area contributed by atoms with Crippen molar-refractivity contribution in [1.29, 1.82) is 0 Å². The minimum Gasteiger partial charge on any atom is -0.323 e. The van der Waals surface area contributed by atoms with E-state index in [0.717, 1.165) is 0 Å². The number of rotatable bonds is 1. The number of para-hydroxylation sites is 1. The van der Waals surface area contributed by atoms with E-state index in [-0.39, 0.29) is 11.2 Å². The fraction of sp³-hybridized carbons (Fsp3) is 0. The number of nitro groups is 1. The fourth-order valence-corrected chi connectivity index (χ4v) is 2.48. The molecule has 0 amide bonds. The first kappa shape index (κ1) is 11.6. The molecule has 0 atom stereocenters. The summed E-state index contributed by atoms with van der Waals surface area (Å²) in [6.45, 7) is 0. The zero-order valence-corrected chi connectivity index (χ0v) is 10.6. The Morgan fingerprint density at radius 1 is 1.19 bits per heavy atom. The molecule has 0 fully saturated rings. The lowest BCUT2D eigenvalue weighted by atomic mass is 10.2. The second-order valence-electron chi connectivity index (χ2n) is 4.68. The molecule has 4 rings (SSSR count). The predicted octanol–water partition coefficient (Wildman–Crippen LogP) is 2.24. The molecular weight excluding hydrogens is 272 g/mol. The fourth-order valence-electron chi connectivity index (χ4n) is 2.48. The van der Waals surface area contributed by atoms with Crippen molar-refractivity contribution in [2.75, 3.05) is 0 Å². The Kier molecular flexibility index (Phi) is 2.15. The van der Waals surface area contributed by atoms with Gasteiger partial charge in [0.2, 0.25) is 5.78 Å². The van der Waals surface area contributed by atoms with Crippen LogP contribution in [0.2, 0.25) is 0 Å². The SMILES string of the molecule is O=c1c2ccccc2nc2[nH]c3ccc([N+](=O)[O-])cc3n12. The quantitative estimate of drug-likeness (QED) is 0.427. The van der Waals surface area contributed by atoms with Gasteiger partial charge >= 0.3 is 0 Å². The van der Waals surface area contributed by atoms with Gasteiger partial charge in [-0.2, -0.15) is 0 Å². The molecule has 0 saturated heterocycles. The number of imidazole rings is 1. The van der Waals surface area contributed by atoms with E-state index in [9.17, 15) is 14.9 Å². The molecular formula is C14H8N4O3. The predicted molar refractivity (Wildman–Crippen MR) is 77.5 cm³/mol. The number of H-pyrrole nitrogens is 1. The van der Waals surface area contributed by atoms with Gasteiger partial charge in [0.05, 0.1) is 26.9 Å². The molecule has 0 aliphatic heterocycles. The van der Waals surface area contributed by atoms with Crippen molar-refractivity contribution in [3.8, 4) is 0 Å². The summed E-state index contributed by atoms with van der Waals surface area (Å²) in [5, 5.41) is 11.4. The average Bonchev–Trinajstić information content (AvgIpc) is 2.84. The van der Waals surface area contributed by atoms with Crippen molar-refractivity contribution in [1.82, 2.24) is 14.4 Å². The van der Waals surface area contributed by atoms with E-state index >= 15 is 0 Å². The molecule has 7 nitrogen and oxygen atoms in total. The van der Waals surface area contributed by atoms with E-state index in [1.54, 1.807) is 30.3 Å². The monoisotopic (exact) mass is 280 g/mol. The summed E-state index contributed by atoms with van der Waals surface area (Å²) in [5.41, 5.74) is 1.34. The number of benzene rings is 2. The third-order valence-electron chi connectivity index (χ3n) is 3.46. The topological polar surface area (TPSA) is 93.3 Å². The Morgan fingerprint density at radius 3 is 2.81 bits per heavy atom. The summed E-state index contributed by atoms with van der Waals surface area (Å²) < 4.78 is 1.37. The lowest BCUT2D eigenvalue weighted by molar-refractivity contribution is -0.384. The van der Waals surface area contributed by atoms with Gasteiger partial charge in [-0.3, -0.25) is 14.9 Å². The first-order valence-electron chi connectivity index (χ1n) is 6.23. The Labute approximate surface area is 116 Å². The summed E-state index contributed by atoms with van der Waals surface area (Å²) in [4.78, 5) is 30.4. The van der Waals surface area contributed by atoms with Crippen molar-refractivity contribution in [3.05, 3.63) is 62.9 Å². The molecule has 0 aliphatic carbocycles. The van der Waals surface area contributed by atoms with Crippen LogP contribution in [-0.2, 0) is 0 Å². The molecule has 2 aromatic carbocycles. The molecule has 1 N–H and O–H groups in total. The van der Waals surface area contributed by atoms with Gasteiger partial charge < -0.3 is 4.98 Å². The number of aromatic amines is 1. The van der Waals surface area contributed by atoms with E-state index in [1.165, 1.54) is 16.5 Å². The lowest BCUT2D eigenvalue weighted by Gasteiger charge is -1.98. The highest BCUT2D eigenvalue weighted by Gasteiger charge is 2.14. The van der Waals surface area contributed by atoms with Crippen molar-refractivity contribution >= 4 is 33.4 Å². The van der Waals surface area contributed by atoms with Crippen molar-refractivity contribution in [2.45, 2.75) is 0 Å². The standard InChI is InChI=1S/C14H8N4O3/c19-13-9-3-1-2-4-10(9)15-14-16-11-6-5-8(18(20)21)7-12(11)17(13)14/h1-7H,(H,15,16). The maximum atomic E-state index is 12.6. The van der Waals surface area contributed by atoms with Crippen LogP contribution in [0.5, 0.6) is 0 Å². The molecule has 0 unspecified atom stereocenters. The maximum Gasteiger partial charge on any atom is 0.271 e. The second-order valence-corrected chi connectivity index (χ2v) is 4.68. The second kappa shape index (κ2) is 3.89. The van der Waals surface area contributed by atoms with Gasteiger partial charge in [-0.05, 0) is 18.2 Å². The molecule has 2 aromatic heterocycles. The van der Waals surface area contributed by atoms with Crippen LogP contribution in [0, 0.1) is 10.1 Å². The van der Waals surface area contributed by atoms with Gasteiger partial charge in [0.1, 0.15) is 0 Å². The Balaban J connectivity index is 2.25.